The van der Waals surface area contributed by atoms with Crippen LogP contribution in [0.4, 0.5) is 5.69 Å². The maximum absolute atomic E-state index is 5.78. The molecule has 0 heterocycles. The van der Waals surface area contributed by atoms with Gasteiger partial charge in [0.25, 0.3) is 0 Å². The minimum Gasteiger partial charge on any atom is -0.381 e. The lowest BCUT2D eigenvalue weighted by molar-refractivity contribution is 0.638. The van der Waals surface area contributed by atoms with Crippen LogP contribution in [0.3, 0.4) is 0 Å². The molecule has 14 heavy (non-hydrogen) atoms. The van der Waals surface area contributed by atoms with Crippen molar-refractivity contribution in [3.8, 4) is 0 Å². The van der Waals surface area contributed by atoms with Gasteiger partial charge in [-0.05, 0) is 70.6 Å². The zero-order valence-corrected chi connectivity index (χ0v) is 12.0. The van der Waals surface area contributed by atoms with Crippen LogP contribution in [-0.4, -0.2) is 12.1 Å². The Balaban J connectivity index is 2.73. The predicted molar refractivity (Wildman–Crippen MR) is 73.6 cm³/mol. The summed E-state index contributed by atoms with van der Waals surface area (Å²) >= 11 is 5.78. The normalized spacial score (nSPS) is 14.9. The number of rotatable bonds is 3. The van der Waals surface area contributed by atoms with Crippen LogP contribution in [0.2, 0.25) is 0 Å². The van der Waals surface area contributed by atoms with E-state index in [-0.39, 0.29) is 12.1 Å². The number of nitrogens with one attached hydrogen (secondary N) is 1. The molecular formula is C10H14BrIN2. The summed E-state index contributed by atoms with van der Waals surface area (Å²) in [6.07, 6.45) is 0. The highest BCUT2D eigenvalue weighted by Crippen LogP contribution is 2.23. The molecule has 3 N–H and O–H groups in total. The van der Waals surface area contributed by atoms with E-state index in [9.17, 15) is 0 Å². The van der Waals surface area contributed by atoms with E-state index in [2.05, 4.69) is 69.0 Å². The molecule has 78 valence electrons. The Bertz CT molecular complexity index is 315. The lowest BCUT2D eigenvalue weighted by Gasteiger charge is -2.19. The van der Waals surface area contributed by atoms with Crippen molar-refractivity contribution in [2.75, 3.05) is 5.32 Å². The number of hydrogen-bond donors (Lipinski definition) is 2. The Morgan fingerprint density at radius 2 is 2.07 bits per heavy atom. The van der Waals surface area contributed by atoms with Crippen LogP contribution in [0.25, 0.3) is 0 Å². The first-order chi connectivity index (χ1) is 6.50. The Morgan fingerprint density at radius 1 is 1.43 bits per heavy atom. The molecule has 0 aliphatic carbocycles. The molecule has 0 saturated heterocycles. The van der Waals surface area contributed by atoms with Gasteiger partial charge in [0.05, 0.1) is 0 Å². The quantitative estimate of drug-likeness (QED) is 0.804. The second-order valence-corrected chi connectivity index (χ2v) is 5.44. The third kappa shape index (κ3) is 3.40. The molecule has 2 atom stereocenters. The minimum atomic E-state index is 0.146. The maximum Gasteiger partial charge on any atom is 0.0381 e. The Kier molecular flexibility index (Phi) is 4.66. The summed E-state index contributed by atoms with van der Waals surface area (Å²) in [6, 6.07) is 6.63. The van der Waals surface area contributed by atoms with E-state index in [0.29, 0.717) is 0 Å². The van der Waals surface area contributed by atoms with E-state index in [1.165, 1.54) is 3.57 Å². The molecule has 2 unspecified atom stereocenters. The lowest BCUT2D eigenvalue weighted by Crippen LogP contribution is -2.35. The van der Waals surface area contributed by atoms with Gasteiger partial charge in [-0.2, -0.15) is 0 Å². The third-order valence-electron chi connectivity index (χ3n) is 2.10. The molecule has 1 aromatic rings. The van der Waals surface area contributed by atoms with Crippen molar-refractivity contribution in [2.45, 2.75) is 25.9 Å². The average Bonchev–Trinajstić information content (AvgIpc) is 2.11. The highest BCUT2D eigenvalue weighted by molar-refractivity contribution is 14.1. The van der Waals surface area contributed by atoms with Crippen molar-refractivity contribution in [3.05, 3.63) is 26.2 Å². The molecule has 0 bridgehead atoms. The van der Waals surface area contributed by atoms with E-state index < -0.39 is 0 Å². The van der Waals surface area contributed by atoms with Crippen LogP contribution >= 0.6 is 38.5 Å². The van der Waals surface area contributed by atoms with Gasteiger partial charge in [-0.3, -0.25) is 0 Å². The molecule has 0 radical (unpaired) electrons. The summed E-state index contributed by atoms with van der Waals surface area (Å²) in [7, 11) is 0. The standard InChI is InChI=1S/C10H14BrIN2/c1-6(13)7(2)14-8-3-4-10(12)9(11)5-8/h3-7,14H,13H2,1-2H3. The highest BCUT2D eigenvalue weighted by Gasteiger charge is 2.07. The van der Waals surface area contributed by atoms with Crippen molar-refractivity contribution in [1.29, 1.82) is 0 Å². The molecule has 0 amide bonds. The van der Waals surface area contributed by atoms with Crippen LogP contribution in [0, 0.1) is 3.57 Å². The van der Waals surface area contributed by atoms with E-state index in [1.54, 1.807) is 0 Å². The second kappa shape index (κ2) is 5.32. The topological polar surface area (TPSA) is 38.0 Å². The highest BCUT2D eigenvalue weighted by atomic mass is 127. The Morgan fingerprint density at radius 3 is 2.57 bits per heavy atom. The van der Waals surface area contributed by atoms with Gasteiger partial charge in [-0.25, -0.2) is 0 Å². The van der Waals surface area contributed by atoms with Crippen molar-refractivity contribution < 1.29 is 0 Å². The minimum absolute atomic E-state index is 0.146. The Hall–Kier alpha value is 0.190. The third-order valence-corrected chi connectivity index (χ3v) is 4.44. The number of anilines is 1. The number of nitrogens with two attached hydrogens (primary N) is 1. The average molecular weight is 369 g/mol. The molecule has 0 fully saturated rings. The summed E-state index contributed by atoms with van der Waals surface area (Å²) in [5.74, 6) is 0. The predicted octanol–water partition coefficient (Wildman–Crippen LogP) is 3.20. The van der Waals surface area contributed by atoms with Crippen LogP contribution in [0.15, 0.2) is 22.7 Å². The lowest BCUT2D eigenvalue weighted by atomic mass is 10.2. The molecule has 0 saturated carbocycles. The van der Waals surface area contributed by atoms with E-state index in [1.807, 2.05) is 6.92 Å². The second-order valence-electron chi connectivity index (χ2n) is 3.42. The summed E-state index contributed by atoms with van der Waals surface area (Å²) in [6.45, 7) is 4.08. The fraction of sp³-hybridized carbons (Fsp3) is 0.400. The first-order valence-electron chi connectivity index (χ1n) is 4.48. The Labute approximate surface area is 107 Å². The van der Waals surface area contributed by atoms with Gasteiger partial charge >= 0.3 is 0 Å². The SMILES string of the molecule is CC(N)C(C)Nc1ccc(I)c(Br)c1. The summed E-state index contributed by atoms with van der Waals surface area (Å²) < 4.78 is 2.32. The fourth-order valence-electron chi connectivity index (χ4n) is 0.980. The van der Waals surface area contributed by atoms with Crippen LogP contribution in [-0.2, 0) is 0 Å². The van der Waals surface area contributed by atoms with E-state index >= 15 is 0 Å². The first-order valence-corrected chi connectivity index (χ1v) is 6.35. The first kappa shape index (κ1) is 12.3. The van der Waals surface area contributed by atoms with E-state index in [4.69, 9.17) is 5.73 Å². The van der Waals surface area contributed by atoms with Crippen molar-refractivity contribution in [2.24, 2.45) is 5.73 Å². The molecule has 2 nitrogen and oxygen atoms in total. The molecule has 0 spiro atoms. The summed E-state index contributed by atoms with van der Waals surface area (Å²) in [5, 5.41) is 3.35. The zero-order valence-electron chi connectivity index (χ0n) is 8.22. The monoisotopic (exact) mass is 368 g/mol. The van der Waals surface area contributed by atoms with Crippen LogP contribution < -0.4 is 11.1 Å². The number of hydrogen-bond acceptors (Lipinski definition) is 2. The smallest absolute Gasteiger partial charge is 0.0381 e. The molecule has 4 heteroatoms. The van der Waals surface area contributed by atoms with Gasteiger partial charge in [-0.15, -0.1) is 0 Å². The molecular weight excluding hydrogens is 355 g/mol. The van der Waals surface area contributed by atoms with Gasteiger partial charge in [-0.1, -0.05) is 0 Å². The van der Waals surface area contributed by atoms with Gasteiger partial charge in [0.2, 0.25) is 0 Å². The fourth-order valence-corrected chi connectivity index (χ4v) is 1.69. The van der Waals surface area contributed by atoms with Gasteiger partial charge in [0, 0.05) is 25.8 Å². The zero-order chi connectivity index (χ0) is 10.7. The van der Waals surface area contributed by atoms with Gasteiger partial charge in [0.1, 0.15) is 0 Å². The number of halogens is 2. The molecule has 0 aliphatic rings. The van der Waals surface area contributed by atoms with Gasteiger partial charge in [0.15, 0.2) is 0 Å². The van der Waals surface area contributed by atoms with Crippen molar-refractivity contribution in [1.82, 2.24) is 0 Å². The van der Waals surface area contributed by atoms with Crippen LogP contribution in [0.5, 0.6) is 0 Å². The summed E-state index contributed by atoms with van der Waals surface area (Å²) in [5.41, 5.74) is 6.88. The molecule has 1 rings (SSSR count). The van der Waals surface area contributed by atoms with E-state index in [0.717, 1.165) is 10.2 Å². The van der Waals surface area contributed by atoms with Gasteiger partial charge < -0.3 is 11.1 Å². The molecule has 0 aliphatic heterocycles. The molecule has 0 aromatic heterocycles. The molecule has 1 aromatic carbocycles. The largest absolute Gasteiger partial charge is 0.381 e. The van der Waals surface area contributed by atoms with Crippen LogP contribution in [0.1, 0.15) is 13.8 Å². The number of benzene rings is 1. The van der Waals surface area contributed by atoms with Crippen molar-refractivity contribution >= 4 is 44.2 Å². The maximum atomic E-state index is 5.78. The van der Waals surface area contributed by atoms with Crippen molar-refractivity contribution in [3.63, 3.8) is 0 Å². The summed E-state index contributed by atoms with van der Waals surface area (Å²) in [4.78, 5) is 0.